The van der Waals surface area contributed by atoms with E-state index in [2.05, 4.69) is 10.6 Å². The fourth-order valence-electron chi connectivity index (χ4n) is 2.38. The van der Waals surface area contributed by atoms with E-state index in [1.807, 2.05) is 32.0 Å². The largest absolute Gasteiger partial charge is 0.491 e. The molecular formula is C15H21ClF2N2O2. The van der Waals surface area contributed by atoms with E-state index < -0.39 is 30.8 Å². The zero-order valence-corrected chi connectivity index (χ0v) is 13.4. The Morgan fingerprint density at radius 2 is 2.05 bits per heavy atom. The smallest absolute Gasteiger partial charge is 0.262 e. The molecule has 0 bridgehead atoms. The zero-order chi connectivity index (χ0) is 15.5. The van der Waals surface area contributed by atoms with Crippen molar-refractivity contribution in [3.8, 4) is 5.75 Å². The van der Waals surface area contributed by atoms with Crippen molar-refractivity contribution in [1.29, 1.82) is 0 Å². The number of nitrogens with one attached hydrogen (secondary N) is 2. The molecule has 7 heteroatoms. The first kappa shape index (κ1) is 18.6. The van der Waals surface area contributed by atoms with Crippen LogP contribution < -0.4 is 15.4 Å². The summed E-state index contributed by atoms with van der Waals surface area (Å²) in [5.41, 5.74) is 2.05. The summed E-state index contributed by atoms with van der Waals surface area (Å²) in [6, 6.07) is 5.03. The first-order valence-corrected chi connectivity index (χ1v) is 6.97. The van der Waals surface area contributed by atoms with Crippen molar-refractivity contribution in [2.75, 3.05) is 19.7 Å². The van der Waals surface area contributed by atoms with Gasteiger partial charge in [-0.15, -0.1) is 12.4 Å². The Kier molecular flexibility index (Phi) is 6.56. The Morgan fingerprint density at radius 1 is 1.41 bits per heavy atom. The highest BCUT2D eigenvalue weighted by Gasteiger charge is 2.42. The predicted molar refractivity (Wildman–Crippen MR) is 83.0 cm³/mol. The average molecular weight is 335 g/mol. The molecule has 1 aliphatic heterocycles. The number of carbonyl (C=O) groups excluding carboxylic acids is 1. The van der Waals surface area contributed by atoms with Crippen LogP contribution in [-0.4, -0.2) is 37.6 Å². The molecule has 0 saturated carbocycles. The molecule has 1 amide bonds. The molecule has 22 heavy (non-hydrogen) atoms. The van der Waals surface area contributed by atoms with E-state index in [1.54, 1.807) is 0 Å². The van der Waals surface area contributed by atoms with Gasteiger partial charge in [0.15, 0.2) is 0 Å². The summed E-state index contributed by atoms with van der Waals surface area (Å²) in [6.45, 7) is 4.05. The topological polar surface area (TPSA) is 50.4 Å². The number of amides is 1. The number of carbonyl (C=O) groups is 1. The maximum atomic E-state index is 13.0. The second-order valence-corrected chi connectivity index (χ2v) is 5.35. The molecule has 1 aliphatic rings. The molecule has 124 valence electrons. The van der Waals surface area contributed by atoms with Crippen LogP contribution in [0.25, 0.3) is 0 Å². The molecule has 1 aromatic rings. The number of rotatable bonds is 5. The molecule has 1 aromatic carbocycles. The molecule has 0 spiro atoms. The van der Waals surface area contributed by atoms with E-state index in [1.165, 1.54) is 0 Å². The highest BCUT2D eigenvalue weighted by molar-refractivity contribution is 5.85. The molecule has 1 fully saturated rings. The van der Waals surface area contributed by atoms with Crippen molar-refractivity contribution in [2.24, 2.45) is 0 Å². The maximum Gasteiger partial charge on any atom is 0.262 e. The lowest BCUT2D eigenvalue weighted by Crippen LogP contribution is -2.41. The zero-order valence-electron chi connectivity index (χ0n) is 12.6. The second-order valence-electron chi connectivity index (χ2n) is 5.35. The number of aryl methyl sites for hydroxylation is 2. The lowest BCUT2D eigenvalue weighted by molar-refractivity contribution is -0.123. The summed E-state index contributed by atoms with van der Waals surface area (Å²) in [5, 5.41) is 5.13. The van der Waals surface area contributed by atoms with E-state index in [4.69, 9.17) is 4.74 Å². The van der Waals surface area contributed by atoms with Crippen LogP contribution in [0, 0.1) is 13.8 Å². The number of benzene rings is 1. The standard InChI is InChI=1S/C15H20F2N2O2.ClH/c1-10-4-3-5-11(2)13(10)21-7-6-18-14(20)12-8-15(16,17)9-19-12;/h3-5,12,19H,6-9H2,1-2H3,(H,18,20);1H. The molecule has 2 rings (SSSR count). The molecule has 0 aliphatic carbocycles. The van der Waals surface area contributed by atoms with Crippen LogP contribution >= 0.6 is 12.4 Å². The minimum Gasteiger partial charge on any atom is -0.491 e. The molecule has 0 radical (unpaired) electrons. The lowest BCUT2D eigenvalue weighted by Gasteiger charge is -2.14. The van der Waals surface area contributed by atoms with E-state index >= 15 is 0 Å². The summed E-state index contributed by atoms with van der Waals surface area (Å²) in [7, 11) is 0. The van der Waals surface area contributed by atoms with Gasteiger partial charge < -0.3 is 10.1 Å². The van der Waals surface area contributed by atoms with Gasteiger partial charge in [0.05, 0.1) is 19.1 Å². The number of halogens is 3. The summed E-state index contributed by atoms with van der Waals surface area (Å²) in [5.74, 6) is -2.40. The van der Waals surface area contributed by atoms with Gasteiger partial charge in [0, 0.05) is 6.42 Å². The van der Waals surface area contributed by atoms with Crippen molar-refractivity contribution in [3.63, 3.8) is 0 Å². The van der Waals surface area contributed by atoms with Crippen molar-refractivity contribution >= 4 is 18.3 Å². The van der Waals surface area contributed by atoms with E-state index in [9.17, 15) is 13.6 Å². The van der Waals surface area contributed by atoms with Gasteiger partial charge in [-0.05, 0) is 25.0 Å². The Labute approximate surface area is 135 Å². The summed E-state index contributed by atoms with van der Waals surface area (Å²) in [6.07, 6.45) is -0.448. The normalized spacial score (nSPS) is 19.4. The van der Waals surface area contributed by atoms with Gasteiger partial charge >= 0.3 is 0 Å². The van der Waals surface area contributed by atoms with Gasteiger partial charge in [0.1, 0.15) is 12.4 Å². The summed E-state index contributed by atoms with van der Waals surface area (Å²) < 4.78 is 31.6. The maximum absolute atomic E-state index is 13.0. The van der Waals surface area contributed by atoms with Crippen molar-refractivity contribution < 1.29 is 18.3 Å². The van der Waals surface area contributed by atoms with Gasteiger partial charge in [0.2, 0.25) is 5.91 Å². The molecule has 1 saturated heterocycles. The van der Waals surface area contributed by atoms with E-state index in [-0.39, 0.29) is 19.0 Å². The SMILES string of the molecule is Cc1cccc(C)c1OCCNC(=O)C1CC(F)(F)CN1.Cl. The summed E-state index contributed by atoms with van der Waals surface area (Å²) in [4.78, 5) is 11.7. The third-order valence-corrected chi connectivity index (χ3v) is 3.48. The Morgan fingerprint density at radius 3 is 2.59 bits per heavy atom. The Hall–Kier alpha value is -1.40. The second kappa shape index (κ2) is 7.74. The van der Waals surface area contributed by atoms with Gasteiger partial charge in [-0.1, -0.05) is 18.2 Å². The monoisotopic (exact) mass is 334 g/mol. The van der Waals surface area contributed by atoms with Gasteiger partial charge in [-0.25, -0.2) is 8.78 Å². The molecule has 1 heterocycles. The predicted octanol–water partition coefficient (Wildman–Crippen LogP) is 2.22. The lowest BCUT2D eigenvalue weighted by atomic mass is 10.1. The number of hydrogen-bond donors (Lipinski definition) is 2. The Bertz CT molecular complexity index is 506. The molecule has 2 N–H and O–H groups in total. The van der Waals surface area contributed by atoms with Crippen molar-refractivity contribution in [1.82, 2.24) is 10.6 Å². The van der Waals surface area contributed by atoms with E-state index in [0.29, 0.717) is 6.61 Å². The highest BCUT2D eigenvalue weighted by Crippen LogP contribution is 2.25. The first-order chi connectivity index (χ1) is 9.89. The van der Waals surface area contributed by atoms with Crippen LogP contribution in [0.5, 0.6) is 5.75 Å². The Balaban J connectivity index is 0.00000242. The molecule has 0 aromatic heterocycles. The molecule has 4 nitrogen and oxygen atoms in total. The number of ether oxygens (including phenoxy) is 1. The fraction of sp³-hybridized carbons (Fsp3) is 0.533. The van der Waals surface area contributed by atoms with Crippen LogP contribution in [0.1, 0.15) is 17.5 Å². The van der Waals surface area contributed by atoms with Crippen LogP contribution in [0.2, 0.25) is 0 Å². The van der Waals surface area contributed by atoms with Crippen molar-refractivity contribution in [2.45, 2.75) is 32.2 Å². The summed E-state index contributed by atoms with van der Waals surface area (Å²) >= 11 is 0. The van der Waals surface area contributed by atoms with Gasteiger partial charge in [0.25, 0.3) is 5.92 Å². The number of para-hydroxylation sites is 1. The minimum atomic E-state index is -2.79. The molecular weight excluding hydrogens is 314 g/mol. The van der Waals surface area contributed by atoms with Crippen LogP contribution in [0.3, 0.4) is 0 Å². The van der Waals surface area contributed by atoms with Gasteiger partial charge in [-0.2, -0.15) is 0 Å². The quantitative estimate of drug-likeness (QED) is 0.812. The third kappa shape index (κ3) is 4.81. The van der Waals surface area contributed by atoms with Crippen LogP contribution in [0.4, 0.5) is 8.78 Å². The van der Waals surface area contributed by atoms with Gasteiger partial charge in [-0.3, -0.25) is 10.1 Å². The molecule has 1 atom stereocenters. The van der Waals surface area contributed by atoms with Crippen LogP contribution in [-0.2, 0) is 4.79 Å². The van der Waals surface area contributed by atoms with E-state index in [0.717, 1.165) is 16.9 Å². The average Bonchev–Trinajstić information content (AvgIpc) is 2.77. The highest BCUT2D eigenvalue weighted by atomic mass is 35.5. The first-order valence-electron chi connectivity index (χ1n) is 6.97. The molecule has 1 unspecified atom stereocenters. The fourth-order valence-corrected chi connectivity index (χ4v) is 2.38. The third-order valence-electron chi connectivity index (χ3n) is 3.48. The van der Waals surface area contributed by atoms with Crippen molar-refractivity contribution in [3.05, 3.63) is 29.3 Å². The number of hydrogen-bond acceptors (Lipinski definition) is 3. The van der Waals surface area contributed by atoms with Crippen LogP contribution in [0.15, 0.2) is 18.2 Å². The minimum absolute atomic E-state index is 0. The number of alkyl halides is 2.